The highest BCUT2D eigenvalue weighted by molar-refractivity contribution is 5.99. The van der Waals surface area contributed by atoms with Crippen molar-refractivity contribution in [1.29, 1.82) is 0 Å². The lowest BCUT2D eigenvalue weighted by molar-refractivity contribution is 0.00249. The summed E-state index contributed by atoms with van der Waals surface area (Å²) in [6.45, 7) is 7.32. The smallest absolute Gasteiger partial charge is 0.410 e. The molecule has 2 bridgehead atoms. The van der Waals surface area contributed by atoms with Crippen LogP contribution in [0, 0.1) is 18.7 Å². The lowest BCUT2D eigenvalue weighted by atomic mass is 9.83. The molecule has 2 unspecified atom stereocenters. The van der Waals surface area contributed by atoms with Gasteiger partial charge >= 0.3 is 6.09 Å². The number of fused-ring (bicyclic) bond motifs is 2. The van der Waals surface area contributed by atoms with E-state index in [1.54, 1.807) is 19.1 Å². The number of Topliss-reactive ketones (excluding diaryl/α,β-unsaturated/α-hetero) is 1. The first kappa shape index (κ1) is 17.9. The molecule has 0 N–H and O–H groups in total. The number of hydrogen-bond acceptors (Lipinski definition) is 3. The molecule has 2 saturated heterocycles. The molecule has 4 nitrogen and oxygen atoms in total. The van der Waals surface area contributed by atoms with Crippen LogP contribution in [-0.4, -0.2) is 34.5 Å². The number of ether oxygens (including phenoxy) is 1. The molecule has 5 heteroatoms. The summed E-state index contributed by atoms with van der Waals surface area (Å²) in [5, 5.41) is 0. The third-order valence-electron chi connectivity index (χ3n) is 5.18. The topological polar surface area (TPSA) is 46.6 Å². The molecule has 2 aliphatic rings. The van der Waals surface area contributed by atoms with Crippen molar-refractivity contribution in [3.05, 3.63) is 35.1 Å². The van der Waals surface area contributed by atoms with E-state index in [9.17, 15) is 14.0 Å². The molecule has 2 heterocycles. The van der Waals surface area contributed by atoms with Crippen LogP contribution >= 0.6 is 0 Å². The predicted molar refractivity (Wildman–Crippen MR) is 93.1 cm³/mol. The van der Waals surface area contributed by atoms with Crippen molar-refractivity contribution < 1.29 is 18.7 Å². The fourth-order valence-corrected chi connectivity index (χ4v) is 4.15. The molecule has 0 aromatic heterocycles. The number of nitrogens with zero attached hydrogens (tertiary/aromatic N) is 1. The average molecular weight is 347 g/mol. The summed E-state index contributed by atoms with van der Waals surface area (Å²) >= 11 is 0. The number of piperidine rings is 1. The number of carbonyl (C=O) groups is 2. The highest BCUT2D eigenvalue weighted by Gasteiger charge is 2.46. The zero-order valence-electron chi connectivity index (χ0n) is 15.3. The van der Waals surface area contributed by atoms with E-state index < -0.39 is 11.4 Å². The molecule has 25 heavy (non-hydrogen) atoms. The summed E-state index contributed by atoms with van der Waals surface area (Å²) in [7, 11) is 0. The Morgan fingerprint density at radius 1 is 1.16 bits per heavy atom. The molecular formula is C20H26FNO3. The highest BCUT2D eigenvalue weighted by Crippen LogP contribution is 2.41. The molecule has 136 valence electrons. The fraction of sp³-hybridized carbons (Fsp3) is 0.600. The SMILES string of the molecule is Cc1cccc(F)c1C(=O)C1CC2CCC(C1)N2C(=O)OC(C)(C)C. The summed E-state index contributed by atoms with van der Waals surface area (Å²) < 4.78 is 19.7. The molecule has 1 aromatic carbocycles. The predicted octanol–water partition coefficient (Wildman–Crippen LogP) is 4.49. The van der Waals surface area contributed by atoms with Crippen molar-refractivity contribution in [1.82, 2.24) is 4.90 Å². The summed E-state index contributed by atoms with van der Waals surface area (Å²) in [5.74, 6) is -0.810. The Hall–Kier alpha value is -1.91. The number of benzene rings is 1. The molecular weight excluding hydrogens is 321 g/mol. The maximum absolute atomic E-state index is 14.2. The van der Waals surface area contributed by atoms with Crippen LogP contribution < -0.4 is 0 Å². The van der Waals surface area contributed by atoms with Gasteiger partial charge in [0.05, 0.1) is 5.56 Å². The molecule has 1 aromatic rings. The Balaban J connectivity index is 1.76. The zero-order valence-corrected chi connectivity index (χ0v) is 15.3. The van der Waals surface area contributed by atoms with Gasteiger partial charge in [0, 0.05) is 18.0 Å². The first-order chi connectivity index (χ1) is 11.7. The molecule has 0 spiro atoms. The molecule has 2 fully saturated rings. The van der Waals surface area contributed by atoms with E-state index in [1.165, 1.54) is 6.07 Å². The van der Waals surface area contributed by atoms with Crippen molar-refractivity contribution in [2.24, 2.45) is 5.92 Å². The number of halogens is 1. The van der Waals surface area contributed by atoms with Crippen molar-refractivity contribution in [2.75, 3.05) is 0 Å². The molecule has 2 atom stereocenters. The van der Waals surface area contributed by atoms with Gasteiger partial charge in [-0.25, -0.2) is 9.18 Å². The van der Waals surface area contributed by atoms with Crippen molar-refractivity contribution >= 4 is 11.9 Å². The third kappa shape index (κ3) is 3.55. The largest absolute Gasteiger partial charge is 0.444 e. The van der Waals surface area contributed by atoms with Crippen molar-refractivity contribution in [2.45, 2.75) is 71.1 Å². The molecule has 0 radical (unpaired) electrons. The average Bonchev–Trinajstić information content (AvgIpc) is 2.76. The van der Waals surface area contributed by atoms with E-state index in [4.69, 9.17) is 4.74 Å². The lowest BCUT2D eigenvalue weighted by Crippen LogP contribution is -2.49. The van der Waals surface area contributed by atoms with Crippen LogP contribution in [0.2, 0.25) is 0 Å². The van der Waals surface area contributed by atoms with Gasteiger partial charge in [-0.1, -0.05) is 12.1 Å². The summed E-state index contributed by atoms with van der Waals surface area (Å²) in [6.07, 6.45) is 2.63. The normalized spacial score (nSPS) is 25.8. The molecule has 0 saturated carbocycles. The summed E-state index contributed by atoms with van der Waals surface area (Å²) in [6, 6.07) is 4.74. The van der Waals surface area contributed by atoms with Crippen LogP contribution in [-0.2, 0) is 4.74 Å². The fourth-order valence-electron chi connectivity index (χ4n) is 4.15. The first-order valence-electron chi connectivity index (χ1n) is 8.98. The Morgan fingerprint density at radius 3 is 2.28 bits per heavy atom. The van der Waals surface area contributed by atoms with Gasteiger partial charge in [-0.05, 0) is 65.0 Å². The van der Waals surface area contributed by atoms with E-state index in [0.29, 0.717) is 18.4 Å². The second-order valence-electron chi connectivity index (χ2n) is 8.24. The zero-order chi connectivity index (χ0) is 18.4. The maximum Gasteiger partial charge on any atom is 0.410 e. The van der Waals surface area contributed by atoms with Gasteiger partial charge in [0.1, 0.15) is 11.4 Å². The van der Waals surface area contributed by atoms with Crippen molar-refractivity contribution in [3.8, 4) is 0 Å². The van der Waals surface area contributed by atoms with Crippen LogP contribution in [0.25, 0.3) is 0 Å². The highest BCUT2D eigenvalue weighted by atomic mass is 19.1. The summed E-state index contributed by atoms with van der Waals surface area (Å²) in [5.41, 5.74) is 0.345. The van der Waals surface area contributed by atoms with Crippen LogP contribution in [0.1, 0.15) is 62.4 Å². The third-order valence-corrected chi connectivity index (χ3v) is 5.18. The van der Waals surface area contributed by atoms with Gasteiger partial charge in [0.25, 0.3) is 0 Å². The van der Waals surface area contributed by atoms with Gasteiger partial charge in [-0.15, -0.1) is 0 Å². The number of hydrogen-bond donors (Lipinski definition) is 0. The van der Waals surface area contributed by atoms with E-state index in [-0.39, 0.29) is 35.4 Å². The van der Waals surface area contributed by atoms with Crippen LogP contribution in [0.15, 0.2) is 18.2 Å². The molecule has 1 amide bonds. The lowest BCUT2D eigenvalue weighted by Gasteiger charge is -2.39. The quantitative estimate of drug-likeness (QED) is 0.740. The second kappa shape index (κ2) is 6.43. The Kier molecular flexibility index (Phi) is 4.60. The Bertz CT molecular complexity index is 660. The number of rotatable bonds is 2. The second-order valence-corrected chi connectivity index (χ2v) is 8.24. The number of amides is 1. The van der Waals surface area contributed by atoms with Gasteiger partial charge in [-0.2, -0.15) is 0 Å². The van der Waals surface area contributed by atoms with E-state index in [1.807, 2.05) is 25.7 Å². The molecule has 2 aliphatic heterocycles. The Morgan fingerprint density at radius 2 is 1.76 bits per heavy atom. The number of aryl methyl sites for hydroxylation is 1. The van der Waals surface area contributed by atoms with E-state index >= 15 is 0 Å². The van der Waals surface area contributed by atoms with Gasteiger partial charge in [0.2, 0.25) is 0 Å². The first-order valence-corrected chi connectivity index (χ1v) is 8.98. The summed E-state index contributed by atoms with van der Waals surface area (Å²) in [4.78, 5) is 27.2. The van der Waals surface area contributed by atoms with Crippen LogP contribution in [0.4, 0.5) is 9.18 Å². The van der Waals surface area contributed by atoms with Crippen LogP contribution in [0.3, 0.4) is 0 Å². The maximum atomic E-state index is 14.2. The molecule has 0 aliphatic carbocycles. The minimum atomic E-state index is -0.534. The number of carbonyl (C=O) groups excluding carboxylic acids is 2. The minimum absolute atomic E-state index is 0.00892. The van der Waals surface area contributed by atoms with Gasteiger partial charge in [-0.3, -0.25) is 4.79 Å². The Labute approximate surface area is 148 Å². The molecule has 3 rings (SSSR count). The van der Waals surface area contributed by atoms with Crippen molar-refractivity contribution in [3.63, 3.8) is 0 Å². The van der Waals surface area contributed by atoms with Gasteiger partial charge in [0.15, 0.2) is 5.78 Å². The minimum Gasteiger partial charge on any atom is -0.444 e. The number of ketones is 1. The monoisotopic (exact) mass is 347 g/mol. The standard InChI is InChI=1S/C20H26FNO3/c1-12-6-5-7-16(21)17(12)18(23)13-10-14-8-9-15(11-13)22(14)19(24)25-20(2,3)4/h5-7,13-15H,8-11H2,1-4H3. The van der Waals surface area contributed by atoms with E-state index in [0.717, 1.165) is 12.8 Å². The van der Waals surface area contributed by atoms with Crippen LogP contribution in [0.5, 0.6) is 0 Å². The van der Waals surface area contributed by atoms with E-state index in [2.05, 4.69) is 0 Å². The van der Waals surface area contributed by atoms with Gasteiger partial charge < -0.3 is 9.64 Å².